The number of alkyl halides is 2. The van der Waals surface area contributed by atoms with Gasteiger partial charge in [-0.25, -0.2) is 8.78 Å². The van der Waals surface area contributed by atoms with E-state index >= 15 is 0 Å². The summed E-state index contributed by atoms with van der Waals surface area (Å²) < 4.78 is 26.6. The van der Waals surface area contributed by atoms with Gasteiger partial charge in [0.2, 0.25) is 5.92 Å². The molecule has 0 bridgehead atoms. The highest BCUT2D eigenvalue weighted by Crippen LogP contribution is 2.39. The van der Waals surface area contributed by atoms with E-state index in [1.54, 1.807) is 24.4 Å². The maximum atomic E-state index is 13.3. The summed E-state index contributed by atoms with van der Waals surface area (Å²) in [6.45, 7) is 0. The quantitative estimate of drug-likeness (QED) is 0.591. The first kappa shape index (κ1) is 11.0. The Balaban J connectivity index is 2.29. The van der Waals surface area contributed by atoms with Crippen molar-refractivity contribution >= 4 is 5.71 Å². The summed E-state index contributed by atoms with van der Waals surface area (Å²) >= 11 is 0. The molecule has 1 fully saturated rings. The van der Waals surface area contributed by atoms with Crippen LogP contribution in [0.25, 0.3) is 0 Å². The average molecular weight is 226 g/mol. The molecule has 1 aromatic heterocycles. The summed E-state index contributed by atoms with van der Waals surface area (Å²) in [6.07, 6.45) is 1.08. The van der Waals surface area contributed by atoms with E-state index in [2.05, 4.69) is 10.1 Å². The minimum Gasteiger partial charge on any atom is -0.411 e. The first-order chi connectivity index (χ1) is 7.62. The van der Waals surface area contributed by atoms with Gasteiger partial charge in [0, 0.05) is 30.7 Å². The Bertz CT molecular complexity index is 392. The Morgan fingerprint density at radius 2 is 2.25 bits per heavy atom. The Morgan fingerprint density at radius 3 is 2.88 bits per heavy atom. The fourth-order valence-corrected chi connectivity index (χ4v) is 1.98. The molecule has 1 unspecified atom stereocenters. The van der Waals surface area contributed by atoms with Crippen LogP contribution >= 0.6 is 0 Å². The number of halogens is 2. The number of hydrogen-bond donors (Lipinski definition) is 1. The highest BCUT2D eigenvalue weighted by Gasteiger charge is 2.41. The van der Waals surface area contributed by atoms with Gasteiger partial charge in [0.1, 0.15) is 0 Å². The number of rotatable bonds is 1. The maximum absolute atomic E-state index is 13.3. The minimum absolute atomic E-state index is 0.116. The Hall–Kier alpha value is -1.52. The molecule has 3 nitrogen and oxygen atoms in total. The fraction of sp³-hybridized carbons (Fsp3) is 0.455. The third-order valence-corrected chi connectivity index (χ3v) is 2.83. The number of hydrogen-bond acceptors (Lipinski definition) is 3. The van der Waals surface area contributed by atoms with Gasteiger partial charge in [0.05, 0.1) is 5.71 Å². The van der Waals surface area contributed by atoms with Gasteiger partial charge < -0.3 is 5.21 Å². The number of oxime groups is 1. The van der Waals surface area contributed by atoms with Gasteiger partial charge in [-0.2, -0.15) is 0 Å². The molecule has 0 spiro atoms. The molecule has 1 heterocycles. The summed E-state index contributed by atoms with van der Waals surface area (Å²) in [4.78, 5) is 4.04. The third kappa shape index (κ3) is 2.18. The average Bonchev–Trinajstić information content (AvgIpc) is 2.29. The Morgan fingerprint density at radius 1 is 1.44 bits per heavy atom. The van der Waals surface area contributed by atoms with E-state index in [1.807, 2.05) is 0 Å². The maximum Gasteiger partial charge on any atom is 0.249 e. The molecule has 86 valence electrons. The number of pyridine rings is 1. The van der Waals surface area contributed by atoms with E-state index in [-0.39, 0.29) is 19.3 Å². The van der Waals surface area contributed by atoms with Crippen molar-refractivity contribution in [2.45, 2.75) is 31.1 Å². The van der Waals surface area contributed by atoms with Crippen LogP contribution in [0.1, 0.15) is 30.9 Å². The van der Waals surface area contributed by atoms with Gasteiger partial charge in [0.15, 0.2) is 0 Å². The van der Waals surface area contributed by atoms with Crippen LogP contribution in [-0.2, 0) is 0 Å². The van der Waals surface area contributed by atoms with Crippen LogP contribution in [0, 0.1) is 0 Å². The summed E-state index contributed by atoms with van der Waals surface area (Å²) in [6, 6.07) is 5.14. The molecule has 1 saturated carbocycles. The molecule has 0 amide bonds. The molecule has 0 saturated heterocycles. The third-order valence-electron chi connectivity index (χ3n) is 2.83. The van der Waals surface area contributed by atoms with E-state index in [0.29, 0.717) is 11.4 Å². The molecule has 0 aromatic carbocycles. The van der Waals surface area contributed by atoms with E-state index in [4.69, 9.17) is 5.21 Å². The predicted molar refractivity (Wildman–Crippen MR) is 55.0 cm³/mol. The van der Waals surface area contributed by atoms with E-state index < -0.39 is 11.8 Å². The van der Waals surface area contributed by atoms with Gasteiger partial charge >= 0.3 is 0 Å². The lowest BCUT2D eigenvalue weighted by Gasteiger charge is -2.29. The van der Waals surface area contributed by atoms with Crippen LogP contribution in [0.5, 0.6) is 0 Å². The largest absolute Gasteiger partial charge is 0.411 e. The standard InChI is InChI=1S/C11H12F2N2O/c12-11(13)5-4-10(15-16)8(7-11)9-3-1-2-6-14-9/h1-3,6,8,16H,4-5,7H2/b15-10+. The van der Waals surface area contributed by atoms with Crippen molar-refractivity contribution in [1.29, 1.82) is 0 Å². The number of nitrogens with zero attached hydrogens (tertiary/aromatic N) is 2. The van der Waals surface area contributed by atoms with Crippen molar-refractivity contribution in [3.8, 4) is 0 Å². The minimum atomic E-state index is -2.70. The number of aromatic nitrogens is 1. The lowest BCUT2D eigenvalue weighted by Crippen LogP contribution is -2.31. The summed E-state index contributed by atoms with van der Waals surface area (Å²) in [5.74, 6) is -3.27. The topological polar surface area (TPSA) is 45.5 Å². The van der Waals surface area contributed by atoms with Crippen molar-refractivity contribution < 1.29 is 14.0 Å². The molecule has 1 aromatic rings. The molecule has 16 heavy (non-hydrogen) atoms. The van der Waals surface area contributed by atoms with E-state index in [1.165, 1.54) is 0 Å². The fourth-order valence-electron chi connectivity index (χ4n) is 1.98. The second kappa shape index (κ2) is 4.15. The van der Waals surface area contributed by atoms with Crippen molar-refractivity contribution in [1.82, 2.24) is 4.98 Å². The van der Waals surface area contributed by atoms with E-state index in [0.717, 1.165) is 0 Å². The zero-order valence-electron chi connectivity index (χ0n) is 8.61. The first-order valence-corrected chi connectivity index (χ1v) is 5.12. The highest BCUT2D eigenvalue weighted by atomic mass is 19.3. The van der Waals surface area contributed by atoms with Gasteiger partial charge in [-0.05, 0) is 18.6 Å². The molecular formula is C11H12F2N2O. The van der Waals surface area contributed by atoms with Crippen molar-refractivity contribution in [3.63, 3.8) is 0 Å². The second-order valence-electron chi connectivity index (χ2n) is 3.96. The highest BCUT2D eigenvalue weighted by molar-refractivity contribution is 5.91. The van der Waals surface area contributed by atoms with Crippen molar-refractivity contribution in [2.75, 3.05) is 0 Å². The Kier molecular flexibility index (Phi) is 2.85. The smallest absolute Gasteiger partial charge is 0.249 e. The van der Waals surface area contributed by atoms with Gasteiger partial charge in [-0.15, -0.1) is 0 Å². The molecule has 0 radical (unpaired) electrons. The van der Waals surface area contributed by atoms with Crippen molar-refractivity contribution in [3.05, 3.63) is 30.1 Å². The zero-order chi connectivity index (χ0) is 11.6. The monoisotopic (exact) mass is 226 g/mol. The molecular weight excluding hydrogens is 214 g/mol. The van der Waals surface area contributed by atoms with E-state index in [9.17, 15) is 8.78 Å². The molecule has 1 aliphatic rings. The van der Waals surface area contributed by atoms with Crippen LogP contribution in [0.4, 0.5) is 8.78 Å². The molecule has 1 aliphatic carbocycles. The predicted octanol–water partition coefficient (Wildman–Crippen LogP) is 2.81. The van der Waals surface area contributed by atoms with Gasteiger partial charge in [-0.3, -0.25) is 4.98 Å². The molecule has 5 heteroatoms. The van der Waals surface area contributed by atoms with Gasteiger partial charge in [-0.1, -0.05) is 11.2 Å². The molecule has 0 aliphatic heterocycles. The summed E-state index contributed by atoms with van der Waals surface area (Å²) in [7, 11) is 0. The molecule has 2 rings (SSSR count). The van der Waals surface area contributed by atoms with Gasteiger partial charge in [0.25, 0.3) is 0 Å². The second-order valence-corrected chi connectivity index (χ2v) is 3.96. The first-order valence-electron chi connectivity index (χ1n) is 5.12. The SMILES string of the molecule is O/N=C1\CCC(F)(F)CC1c1ccccn1. The van der Waals surface area contributed by atoms with Crippen LogP contribution in [0.2, 0.25) is 0 Å². The summed E-state index contributed by atoms with van der Waals surface area (Å²) in [5.41, 5.74) is 0.930. The Labute approximate surface area is 91.8 Å². The van der Waals surface area contributed by atoms with Crippen molar-refractivity contribution in [2.24, 2.45) is 5.16 Å². The molecule has 1 atom stereocenters. The molecule has 1 N–H and O–H groups in total. The van der Waals surface area contributed by atoms with Crippen LogP contribution in [0.15, 0.2) is 29.6 Å². The lowest BCUT2D eigenvalue weighted by molar-refractivity contribution is -0.0235. The zero-order valence-corrected chi connectivity index (χ0v) is 8.61. The summed E-state index contributed by atoms with van der Waals surface area (Å²) in [5, 5.41) is 11.9. The van der Waals surface area contributed by atoms with Crippen LogP contribution in [0.3, 0.4) is 0 Å². The van der Waals surface area contributed by atoms with Crippen LogP contribution in [-0.4, -0.2) is 21.8 Å². The van der Waals surface area contributed by atoms with Crippen LogP contribution < -0.4 is 0 Å². The normalized spacial score (nSPS) is 26.9. The lowest BCUT2D eigenvalue weighted by atomic mass is 9.82.